The summed E-state index contributed by atoms with van der Waals surface area (Å²) in [5.74, 6) is -1.79. The Morgan fingerprint density at radius 3 is 1.72 bits per heavy atom. The Balaban J connectivity index is 0.709. The maximum atomic E-state index is 13.6. The van der Waals surface area contributed by atoms with E-state index in [0.29, 0.717) is 32.1 Å². The quantitative estimate of drug-likeness (QED) is 0.0630. The number of carbonyl (C=O) groups excluding carboxylic acids is 2. The molecule has 1 aromatic rings. The number of esters is 1. The van der Waals surface area contributed by atoms with Gasteiger partial charge in [-0.15, -0.1) is 0 Å². The second-order valence-electron chi connectivity index (χ2n) is 26.1. The lowest BCUT2D eigenvalue weighted by atomic mass is 9.43. The molecule has 484 valence electrons. The minimum absolute atomic E-state index is 0.108. The van der Waals surface area contributed by atoms with Crippen LogP contribution in [-0.4, -0.2) is 228 Å². The number of rotatable bonds is 18. The third-order valence-electron chi connectivity index (χ3n) is 21.2. The molecule has 23 nitrogen and oxygen atoms in total. The van der Waals surface area contributed by atoms with E-state index in [0.717, 1.165) is 11.1 Å². The topological polar surface area (TPSA) is 305 Å². The number of carbonyl (C=O) groups is 2. The first kappa shape index (κ1) is 66.0. The Morgan fingerprint density at radius 2 is 1.19 bits per heavy atom. The molecule has 0 unspecified atom stereocenters. The number of aliphatic hydroxyl groups is 7. The van der Waals surface area contributed by atoms with Gasteiger partial charge in [-0.25, -0.2) is 4.79 Å². The fraction of sp³-hybridized carbons (Fsp3) is 0.810. The van der Waals surface area contributed by atoms with Gasteiger partial charge >= 0.3 is 5.97 Å². The number of ketones is 1. The van der Waals surface area contributed by atoms with E-state index in [9.17, 15) is 45.3 Å². The van der Waals surface area contributed by atoms with E-state index in [2.05, 4.69) is 6.92 Å². The molecule has 8 fully saturated rings. The van der Waals surface area contributed by atoms with Crippen molar-refractivity contribution in [2.45, 2.75) is 272 Å². The zero-order chi connectivity index (χ0) is 61.8. The van der Waals surface area contributed by atoms with E-state index in [4.69, 9.17) is 66.3 Å². The number of Topliss-reactive ketones (excluding diaryl/α,β-unsaturated/α-hetero) is 1. The van der Waals surface area contributed by atoms with Gasteiger partial charge in [-0.2, -0.15) is 0 Å². The molecule has 3 saturated carbocycles. The van der Waals surface area contributed by atoms with Crippen LogP contribution in [-0.2, 0) is 75.9 Å². The van der Waals surface area contributed by atoms with Crippen LogP contribution in [0.25, 0.3) is 6.08 Å². The van der Waals surface area contributed by atoms with E-state index in [1.807, 2.05) is 64.1 Å². The number of hydrogen-bond donors (Lipinski definition) is 7. The lowest BCUT2D eigenvalue weighted by Crippen LogP contribution is -2.75. The second-order valence-corrected chi connectivity index (χ2v) is 26.1. The standard InChI is InChI=1S/C63H94O23/c1-31(65)39-20-23-63(72)61(39,7)46(82-47(67)17-16-36-14-12-11-13-15-36)29-45-60(6)21-19-38(24-37(60)18-22-62(45,63)71)80-48-25-40(66)55(32(2)76-48)83-49-26-41(73-8)56(33(3)77-49)84-50-27-42(74-9)57(34(4)78-50)85-51-28-43(75-10)58(35(5)79-51)86-59-54(70)53(69)52(68)44(30-64)81-59/h11-18,32-35,38-46,48-59,64,66,68-72H,19-30H2,1-10H3/t32-,33-,34-,35-,38+,39+,40+,41-,42+,43+,44-,45-,46-,48+,49+,50+,51+,52-,53+,54-,55-,56-,57-,58-,59+,60+,61+,62+,63-/m1/s1. The van der Waals surface area contributed by atoms with Crippen molar-refractivity contribution in [3.63, 3.8) is 0 Å². The van der Waals surface area contributed by atoms with E-state index in [1.54, 1.807) is 27.2 Å². The van der Waals surface area contributed by atoms with Crippen molar-refractivity contribution >= 4 is 17.8 Å². The number of ether oxygens (including phenoxy) is 14. The van der Waals surface area contributed by atoms with Gasteiger partial charge in [0.1, 0.15) is 71.9 Å². The summed E-state index contributed by atoms with van der Waals surface area (Å²) in [6.45, 7) is 12.2. The number of fused-ring (bicyclic) bond motifs is 5. The summed E-state index contributed by atoms with van der Waals surface area (Å²) in [6, 6.07) is 9.40. The molecule has 0 spiro atoms. The van der Waals surface area contributed by atoms with Crippen LogP contribution in [0.4, 0.5) is 0 Å². The van der Waals surface area contributed by atoms with Crippen LogP contribution >= 0.6 is 0 Å². The monoisotopic (exact) mass is 1220 g/mol. The molecule has 5 aliphatic heterocycles. The molecular formula is C63H94O23. The van der Waals surface area contributed by atoms with E-state index in [1.165, 1.54) is 20.1 Å². The molecule has 4 aliphatic carbocycles. The Labute approximate surface area is 503 Å². The zero-order valence-electron chi connectivity index (χ0n) is 51.2. The molecule has 0 radical (unpaired) electrons. The minimum Gasteiger partial charge on any atom is -0.458 e. The van der Waals surface area contributed by atoms with E-state index in [-0.39, 0.29) is 50.4 Å². The first-order valence-corrected chi connectivity index (χ1v) is 30.9. The molecule has 7 N–H and O–H groups in total. The lowest BCUT2D eigenvalue weighted by Gasteiger charge is -2.66. The Morgan fingerprint density at radius 1 is 0.651 bits per heavy atom. The van der Waals surface area contributed by atoms with Gasteiger partial charge in [0, 0.05) is 70.3 Å². The SMILES string of the molecule is CO[C@H]1C[C@H](O[C@@H]2[C@@H](C)O[C@@H](O[C@H]3[C@@H](O)C[C@H](O[C@H]4CC[C@@]5(C)C(=CC[C@]6(O)[C@@H]5C[C@@H](OC(=O)C=Cc5ccccc5)[C@]5(C)[C@H](C(C)=O)CC[C@@]56O)C4)O[C@@H]3C)C[C@H]2OC)O[C@H](C)[C@H]1O[C@H]1C[C@H](OC)[C@H](O[C@@H]2O[C@H](CO)[C@@H](O)[C@H](O)[C@H]2O)[C@@H](C)O1. The third kappa shape index (κ3) is 12.5. The molecule has 5 saturated heterocycles. The molecule has 9 aliphatic rings. The Kier molecular flexibility index (Phi) is 20.5. The summed E-state index contributed by atoms with van der Waals surface area (Å²) in [6.07, 6.45) is -10.2. The highest BCUT2D eigenvalue weighted by atomic mass is 16.8. The van der Waals surface area contributed by atoms with Gasteiger partial charge in [0.05, 0.1) is 61.5 Å². The minimum atomic E-state index is -1.71. The average molecular weight is 1220 g/mol. The predicted molar refractivity (Wildman–Crippen MR) is 302 cm³/mol. The summed E-state index contributed by atoms with van der Waals surface area (Å²) in [5.41, 5.74) is -3.21. The van der Waals surface area contributed by atoms with Crippen molar-refractivity contribution in [3.8, 4) is 0 Å². The summed E-state index contributed by atoms with van der Waals surface area (Å²) >= 11 is 0. The van der Waals surface area contributed by atoms with Crippen LogP contribution in [0.2, 0.25) is 0 Å². The predicted octanol–water partition coefficient (Wildman–Crippen LogP) is 3.29. The van der Waals surface area contributed by atoms with Crippen LogP contribution in [0.15, 0.2) is 48.1 Å². The number of hydrogen-bond acceptors (Lipinski definition) is 23. The highest BCUT2D eigenvalue weighted by molar-refractivity contribution is 5.87. The van der Waals surface area contributed by atoms with Crippen molar-refractivity contribution in [1.29, 1.82) is 0 Å². The molecule has 5 heterocycles. The van der Waals surface area contributed by atoms with Gasteiger partial charge in [-0.1, -0.05) is 55.8 Å². The molecule has 0 aromatic heterocycles. The van der Waals surface area contributed by atoms with Gasteiger partial charge in [0.2, 0.25) is 0 Å². The molecule has 29 atom stereocenters. The van der Waals surface area contributed by atoms with Crippen molar-refractivity contribution in [2.75, 3.05) is 27.9 Å². The molecule has 10 rings (SSSR count). The van der Waals surface area contributed by atoms with Crippen LogP contribution in [0.3, 0.4) is 0 Å². The number of aliphatic hydroxyl groups excluding tert-OH is 5. The largest absolute Gasteiger partial charge is 0.458 e. The highest BCUT2D eigenvalue weighted by Gasteiger charge is 2.77. The summed E-state index contributed by atoms with van der Waals surface area (Å²) < 4.78 is 87.6. The molecule has 0 bridgehead atoms. The zero-order valence-corrected chi connectivity index (χ0v) is 51.2. The van der Waals surface area contributed by atoms with Gasteiger partial charge in [0.25, 0.3) is 0 Å². The van der Waals surface area contributed by atoms with Gasteiger partial charge < -0.3 is 102 Å². The number of methoxy groups -OCH3 is 3. The average Bonchev–Trinajstić information content (AvgIpc) is 1.29. The summed E-state index contributed by atoms with van der Waals surface area (Å²) in [5, 5.41) is 78.5. The molecule has 86 heavy (non-hydrogen) atoms. The molecule has 23 heteroatoms. The third-order valence-corrected chi connectivity index (χ3v) is 21.2. The van der Waals surface area contributed by atoms with Gasteiger partial charge in [-0.05, 0) is 96.6 Å². The normalized spacial score (nSPS) is 48.8. The van der Waals surface area contributed by atoms with Crippen LogP contribution in [0, 0.1) is 22.7 Å². The van der Waals surface area contributed by atoms with Crippen LogP contribution in [0.1, 0.15) is 125 Å². The molecule has 0 amide bonds. The van der Waals surface area contributed by atoms with Crippen LogP contribution in [0.5, 0.6) is 0 Å². The first-order chi connectivity index (χ1) is 40.9. The molecule has 1 aromatic carbocycles. The maximum absolute atomic E-state index is 13.6. The maximum Gasteiger partial charge on any atom is 0.331 e. The molecular weight excluding hydrogens is 1120 g/mol. The van der Waals surface area contributed by atoms with Gasteiger partial charge in [0.15, 0.2) is 31.5 Å². The van der Waals surface area contributed by atoms with E-state index >= 15 is 0 Å². The first-order valence-electron chi connectivity index (χ1n) is 30.9. The summed E-state index contributed by atoms with van der Waals surface area (Å²) in [7, 11) is 4.68. The smallest absolute Gasteiger partial charge is 0.331 e. The van der Waals surface area contributed by atoms with Crippen molar-refractivity contribution < 1.29 is 112 Å². The van der Waals surface area contributed by atoms with E-state index < -0.39 is 182 Å². The van der Waals surface area contributed by atoms with Crippen molar-refractivity contribution in [1.82, 2.24) is 0 Å². The Bertz CT molecular complexity index is 2510. The lowest BCUT2D eigenvalue weighted by molar-refractivity contribution is -0.358. The Hall–Kier alpha value is -2.96. The van der Waals surface area contributed by atoms with Crippen molar-refractivity contribution in [2.24, 2.45) is 22.7 Å². The fourth-order valence-corrected chi connectivity index (χ4v) is 16.4. The van der Waals surface area contributed by atoms with Gasteiger partial charge in [-0.3, -0.25) is 4.79 Å². The fourth-order valence-electron chi connectivity index (χ4n) is 16.4. The summed E-state index contributed by atoms with van der Waals surface area (Å²) in [4.78, 5) is 26.9. The highest BCUT2D eigenvalue weighted by Crippen LogP contribution is 2.70. The number of benzene rings is 1. The van der Waals surface area contributed by atoms with Crippen LogP contribution < -0.4 is 0 Å². The second kappa shape index (κ2) is 26.7. The van der Waals surface area contributed by atoms with Crippen molar-refractivity contribution in [3.05, 3.63) is 53.6 Å².